The molecule has 0 saturated heterocycles. The van der Waals surface area contributed by atoms with Gasteiger partial charge in [0.15, 0.2) is 0 Å². The largest absolute Gasteiger partial charge is 0.394 e. The van der Waals surface area contributed by atoms with Crippen molar-refractivity contribution >= 4 is 0 Å². The molecule has 4 rings (SSSR count). The minimum atomic E-state index is -0.549. The Labute approximate surface area is 146 Å². The zero-order chi connectivity index (χ0) is 17.1. The van der Waals surface area contributed by atoms with Gasteiger partial charge in [-0.3, -0.25) is 0 Å². The Kier molecular flexibility index (Phi) is 4.14. The minimum absolute atomic E-state index is 0.0965. The maximum atomic E-state index is 10.3. The van der Waals surface area contributed by atoms with Crippen LogP contribution in [0.5, 0.6) is 0 Å². The maximum Gasteiger partial charge on any atom is 0.0804 e. The van der Waals surface area contributed by atoms with E-state index in [0.29, 0.717) is 5.92 Å². The van der Waals surface area contributed by atoms with Crippen LogP contribution < -0.4 is 0 Å². The van der Waals surface area contributed by atoms with Gasteiger partial charge in [-0.15, -0.1) is 0 Å². The van der Waals surface area contributed by atoms with Crippen molar-refractivity contribution < 1.29 is 15.3 Å². The van der Waals surface area contributed by atoms with E-state index in [1.165, 1.54) is 24.8 Å². The molecule has 0 radical (unpaired) electrons. The highest BCUT2D eigenvalue weighted by Gasteiger charge is 2.59. The van der Waals surface area contributed by atoms with E-state index in [1.807, 2.05) is 0 Å². The van der Waals surface area contributed by atoms with Crippen LogP contribution in [0.1, 0.15) is 65.2 Å². The number of aliphatic hydroxyl groups excluding tert-OH is 3. The van der Waals surface area contributed by atoms with Crippen molar-refractivity contribution in [1.82, 2.24) is 0 Å². The molecule has 3 N–H and O–H groups in total. The minimum Gasteiger partial charge on any atom is -0.394 e. The molecule has 0 heterocycles. The quantitative estimate of drug-likeness (QED) is 0.679. The van der Waals surface area contributed by atoms with Gasteiger partial charge in [-0.25, -0.2) is 0 Å². The van der Waals surface area contributed by atoms with Crippen molar-refractivity contribution in [1.29, 1.82) is 0 Å². The van der Waals surface area contributed by atoms with E-state index in [0.717, 1.165) is 43.9 Å². The first-order valence-electron chi connectivity index (χ1n) is 10.1. The lowest BCUT2D eigenvalue weighted by Gasteiger charge is -2.58. The first kappa shape index (κ1) is 17.1. The molecule has 0 aromatic heterocycles. The van der Waals surface area contributed by atoms with Crippen molar-refractivity contribution in [2.45, 2.75) is 77.4 Å². The molecule has 0 spiro atoms. The number of rotatable bonds is 2. The monoisotopic (exact) mass is 334 g/mol. The van der Waals surface area contributed by atoms with Crippen molar-refractivity contribution in [3.8, 4) is 0 Å². The fraction of sp³-hybridized carbons (Fsp3) is 0.905. The molecular weight excluding hydrogens is 300 g/mol. The Morgan fingerprint density at radius 2 is 1.92 bits per heavy atom. The summed E-state index contributed by atoms with van der Waals surface area (Å²) < 4.78 is 0. The summed E-state index contributed by atoms with van der Waals surface area (Å²) in [7, 11) is 0. The zero-order valence-electron chi connectivity index (χ0n) is 15.2. The van der Waals surface area contributed by atoms with Gasteiger partial charge < -0.3 is 15.3 Å². The highest BCUT2D eigenvalue weighted by molar-refractivity contribution is 5.25. The summed E-state index contributed by atoms with van der Waals surface area (Å²) in [4.78, 5) is 0. The molecule has 3 nitrogen and oxygen atoms in total. The third kappa shape index (κ3) is 2.27. The van der Waals surface area contributed by atoms with Crippen molar-refractivity contribution in [3.05, 3.63) is 11.6 Å². The predicted molar refractivity (Wildman–Crippen MR) is 94.3 cm³/mol. The molecule has 3 saturated carbocycles. The number of hydrogen-bond acceptors (Lipinski definition) is 3. The molecule has 0 aromatic carbocycles. The molecule has 136 valence electrons. The summed E-state index contributed by atoms with van der Waals surface area (Å²) in [6, 6.07) is 0. The lowest BCUT2D eigenvalue weighted by atomic mass is 9.47. The van der Waals surface area contributed by atoms with E-state index in [2.05, 4.69) is 19.9 Å². The number of hydrogen-bond donors (Lipinski definition) is 3. The average Bonchev–Trinajstić information content (AvgIpc) is 2.92. The highest BCUT2D eigenvalue weighted by atomic mass is 16.3. The van der Waals surface area contributed by atoms with E-state index in [1.54, 1.807) is 0 Å². The Morgan fingerprint density at radius 1 is 1.12 bits per heavy atom. The van der Waals surface area contributed by atoms with Crippen LogP contribution in [-0.2, 0) is 0 Å². The first-order chi connectivity index (χ1) is 11.4. The average molecular weight is 335 g/mol. The number of aliphatic hydroxyl groups is 3. The molecule has 8 atom stereocenters. The summed E-state index contributed by atoms with van der Waals surface area (Å²) in [5.74, 6) is 2.42. The van der Waals surface area contributed by atoms with E-state index < -0.39 is 6.10 Å². The van der Waals surface area contributed by atoms with Crippen LogP contribution in [0, 0.1) is 34.5 Å². The topological polar surface area (TPSA) is 60.7 Å². The fourth-order valence-corrected chi connectivity index (χ4v) is 7.44. The molecule has 0 bridgehead atoms. The van der Waals surface area contributed by atoms with Gasteiger partial charge in [-0.1, -0.05) is 25.5 Å². The third-order valence-electron chi connectivity index (χ3n) is 8.80. The summed E-state index contributed by atoms with van der Waals surface area (Å²) in [5.41, 5.74) is 2.01. The van der Waals surface area contributed by atoms with Crippen LogP contribution in [0.3, 0.4) is 0 Å². The fourth-order valence-electron chi connectivity index (χ4n) is 7.44. The van der Waals surface area contributed by atoms with Gasteiger partial charge in [-0.05, 0) is 85.9 Å². The van der Waals surface area contributed by atoms with E-state index >= 15 is 0 Å². The van der Waals surface area contributed by atoms with Crippen LogP contribution in [0.25, 0.3) is 0 Å². The van der Waals surface area contributed by atoms with Crippen LogP contribution in [0.15, 0.2) is 11.6 Å². The van der Waals surface area contributed by atoms with Crippen molar-refractivity contribution in [3.63, 3.8) is 0 Å². The van der Waals surface area contributed by atoms with Crippen molar-refractivity contribution in [2.75, 3.05) is 6.61 Å². The molecule has 0 aliphatic heterocycles. The predicted octanol–water partition coefficient (Wildman–Crippen LogP) is 3.28. The van der Waals surface area contributed by atoms with Crippen LogP contribution in [0.4, 0.5) is 0 Å². The Morgan fingerprint density at radius 3 is 2.67 bits per heavy atom. The maximum absolute atomic E-state index is 10.3. The molecule has 4 aliphatic carbocycles. The molecule has 0 aromatic rings. The molecular formula is C21H34O3. The van der Waals surface area contributed by atoms with Gasteiger partial charge in [0.1, 0.15) is 0 Å². The van der Waals surface area contributed by atoms with Gasteiger partial charge in [0.05, 0.1) is 18.8 Å². The summed E-state index contributed by atoms with van der Waals surface area (Å²) in [5, 5.41) is 29.9. The van der Waals surface area contributed by atoms with Crippen LogP contribution >= 0.6 is 0 Å². The second kappa shape index (κ2) is 5.82. The Balaban J connectivity index is 1.63. The van der Waals surface area contributed by atoms with Gasteiger partial charge in [0.25, 0.3) is 0 Å². The lowest BCUT2D eigenvalue weighted by molar-refractivity contribution is -0.0779. The van der Waals surface area contributed by atoms with Gasteiger partial charge >= 0.3 is 0 Å². The molecule has 24 heavy (non-hydrogen) atoms. The van der Waals surface area contributed by atoms with Crippen molar-refractivity contribution in [2.24, 2.45) is 34.5 Å². The smallest absolute Gasteiger partial charge is 0.0804 e. The first-order valence-corrected chi connectivity index (χ1v) is 10.1. The standard InChI is InChI=1S/C21H34O3/c1-20-9-7-14(23)11-13(20)3-4-15-16-5-6-18(19(24)12-22)21(16,2)10-8-17(15)20/h3,14-19,22-24H,4-12H2,1-2H3/t14-,15-,16-,17-,18?,19?,20-,21-/m0/s1. The molecule has 0 amide bonds. The summed E-state index contributed by atoms with van der Waals surface area (Å²) >= 11 is 0. The third-order valence-corrected chi connectivity index (χ3v) is 8.80. The van der Waals surface area contributed by atoms with Crippen LogP contribution in [0.2, 0.25) is 0 Å². The second-order valence-electron chi connectivity index (χ2n) is 9.63. The lowest BCUT2D eigenvalue weighted by Crippen LogP contribution is -2.51. The molecule has 4 aliphatic rings. The van der Waals surface area contributed by atoms with Gasteiger partial charge in [0.2, 0.25) is 0 Å². The number of allylic oxidation sites excluding steroid dienone is 1. The van der Waals surface area contributed by atoms with Gasteiger partial charge in [0, 0.05) is 0 Å². The normalized spacial score (nSPS) is 52.0. The summed E-state index contributed by atoms with van der Waals surface area (Å²) in [6.45, 7) is 4.75. The summed E-state index contributed by atoms with van der Waals surface area (Å²) in [6.07, 6.45) is 10.6. The SMILES string of the molecule is C[C@]12CC[C@H](O)CC1=CC[C@@H]1[C@@H]2CC[C@]2(C)C(C(O)CO)CC[C@@H]12. The molecule has 3 fully saturated rings. The number of fused-ring (bicyclic) bond motifs is 5. The second-order valence-corrected chi connectivity index (χ2v) is 9.63. The van der Waals surface area contributed by atoms with E-state index in [9.17, 15) is 15.3 Å². The highest BCUT2D eigenvalue weighted by Crippen LogP contribution is 2.66. The molecule has 2 unspecified atom stereocenters. The van der Waals surface area contributed by atoms with E-state index in [-0.39, 0.29) is 29.5 Å². The molecule has 3 heteroatoms. The van der Waals surface area contributed by atoms with Gasteiger partial charge in [-0.2, -0.15) is 0 Å². The Bertz CT molecular complexity index is 529. The van der Waals surface area contributed by atoms with E-state index in [4.69, 9.17) is 0 Å². The Hall–Kier alpha value is -0.380. The van der Waals surface area contributed by atoms with Crippen LogP contribution in [-0.4, -0.2) is 34.1 Å². The zero-order valence-corrected chi connectivity index (χ0v) is 15.2.